The molecule has 4 N–H and O–H groups in total. The summed E-state index contributed by atoms with van der Waals surface area (Å²) in [6, 6.07) is 12.9. The fourth-order valence-electron chi connectivity index (χ4n) is 6.79. The number of nitrogens with one attached hydrogen (secondary N) is 4. The predicted molar refractivity (Wildman–Crippen MR) is 238 cm³/mol. The largest absolute Gasteiger partial charge is 0.453 e. The van der Waals surface area contributed by atoms with Crippen LogP contribution < -0.4 is 10.6 Å². The van der Waals surface area contributed by atoms with E-state index in [4.69, 9.17) is 14.2 Å². The van der Waals surface area contributed by atoms with Crippen molar-refractivity contribution in [1.29, 1.82) is 0 Å². The average Bonchev–Trinajstić information content (AvgIpc) is 3.99. The summed E-state index contributed by atoms with van der Waals surface area (Å²) in [4.78, 5) is 84.4. The third kappa shape index (κ3) is 12.9. The van der Waals surface area contributed by atoms with Gasteiger partial charge in [0.15, 0.2) is 0 Å². The Morgan fingerprint density at radius 3 is 1.37 bits per heavy atom. The van der Waals surface area contributed by atoms with Gasteiger partial charge in [-0.05, 0) is 67.5 Å². The second kappa shape index (κ2) is 22.9. The van der Waals surface area contributed by atoms with Gasteiger partial charge in [0.25, 0.3) is 0 Å². The highest BCUT2D eigenvalue weighted by Gasteiger charge is 2.34. The lowest BCUT2D eigenvalue weighted by Gasteiger charge is -2.34. The molecule has 17 heteroatoms. The molecule has 4 atom stereocenters. The fraction of sp³-hybridized carbons (Fsp3) is 0.457. The van der Waals surface area contributed by atoms with E-state index in [1.165, 1.54) is 26.2 Å². The van der Waals surface area contributed by atoms with Gasteiger partial charge in [-0.15, -0.1) is 0 Å². The summed E-state index contributed by atoms with van der Waals surface area (Å²) in [5, 5.41) is 5.32. The summed E-state index contributed by atoms with van der Waals surface area (Å²) in [6.07, 6.45) is 2.25. The molecule has 0 fully saturated rings. The van der Waals surface area contributed by atoms with E-state index in [2.05, 4.69) is 42.4 Å². The van der Waals surface area contributed by atoms with Gasteiger partial charge >= 0.3 is 18.3 Å². The van der Waals surface area contributed by atoms with Crippen molar-refractivity contribution >= 4 is 30.1 Å². The molecule has 4 aromatic rings. The number of ether oxygens (including phenoxy) is 3. The second-order valence-corrected chi connectivity index (χ2v) is 15.8. The Morgan fingerprint density at radius 1 is 0.619 bits per heavy atom. The van der Waals surface area contributed by atoms with Gasteiger partial charge in [-0.1, -0.05) is 70.7 Å². The molecule has 0 saturated carbocycles. The van der Waals surface area contributed by atoms with Gasteiger partial charge < -0.3 is 49.5 Å². The molecule has 2 aromatic heterocycles. The molecule has 2 heterocycles. The van der Waals surface area contributed by atoms with Gasteiger partial charge in [0.1, 0.15) is 23.7 Å². The maximum absolute atomic E-state index is 13.9. The Kier molecular flexibility index (Phi) is 17.7. The van der Waals surface area contributed by atoms with E-state index in [1.54, 1.807) is 29.2 Å². The van der Waals surface area contributed by atoms with E-state index < -0.39 is 36.4 Å². The van der Waals surface area contributed by atoms with E-state index in [1.807, 2.05) is 97.0 Å². The van der Waals surface area contributed by atoms with Crippen LogP contribution in [0.15, 0.2) is 60.9 Å². The highest BCUT2D eigenvalue weighted by molar-refractivity contribution is 5.87. The van der Waals surface area contributed by atoms with Crippen molar-refractivity contribution in [2.24, 2.45) is 11.8 Å². The van der Waals surface area contributed by atoms with Crippen LogP contribution in [0.2, 0.25) is 0 Å². The van der Waals surface area contributed by atoms with Crippen molar-refractivity contribution in [3.63, 3.8) is 0 Å². The number of imidazole rings is 2. The number of aromatic nitrogens is 4. The first-order valence-corrected chi connectivity index (χ1v) is 20.9. The highest BCUT2D eigenvalue weighted by Crippen LogP contribution is 2.26. The number of amides is 5. The molecule has 0 radical (unpaired) electrons. The normalized spacial score (nSPS) is 12.8. The number of hydrogen-bond donors (Lipinski definition) is 4. The first-order chi connectivity index (χ1) is 30.0. The van der Waals surface area contributed by atoms with Gasteiger partial charge in [0.2, 0.25) is 11.8 Å². The Hall–Kier alpha value is -6.83. The molecule has 0 bridgehead atoms. The number of H-pyrrole nitrogens is 2. The molecule has 0 unspecified atom stereocenters. The Balaban J connectivity index is 1.46. The summed E-state index contributed by atoms with van der Waals surface area (Å²) >= 11 is 0. The highest BCUT2D eigenvalue weighted by atomic mass is 16.5. The number of nitrogens with zero attached hydrogens (tertiary/aromatic N) is 5. The van der Waals surface area contributed by atoms with Crippen LogP contribution in [0.3, 0.4) is 0 Å². The summed E-state index contributed by atoms with van der Waals surface area (Å²) in [7, 11) is 5.37. The van der Waals surface area contributed by atoms with Crippen LogP contribution in [0.4, 0.5) is 14.4 Å². The molecule has 0 aliphatic heterocycles. The minimum Gasteiger partial charge on any atom is -0.453 e. The smallest absolute Gasteiger partial charge is 0.409 e. The molecule has 17 nitrogen and oxygen atoms in total. The number of aromatic amines is 2. The summed E-state index contributed by atoms with van der Waals surface area (Å²) in [5.74, 6) is 6.63. The third-order valence-corrected chi connectivity index (χ3v) is 10.6. The average molecular weight is 868 g/mol. The zero-order chi connectivity index (χ0) is 46.4. The van der Waals surface area contributed by atoms with Gasteiger partial charge in [-0.3, -0.25) is 9.59 Å². The van der Waals surface area contributed by atoms with Crippen LogP contribution in [-0.4, -0.2) is 125 Å². The van der Waals surface area contributed by atoms with E-state index in [0.717, 1.165) is 40.1 Å². The first-order valence-electron chi connectivity index (χ1n) is 20.9. The summed E-state index contributed by atoms with van der Waals surface area (Å²) < 4.78 is 14.4. The molecule has 5 amide bonds. The predicted octanol–water partition coefficient (Wildman–Crippen LogP) is 6.52. The first kappa shape index (κ1) is 48.8. The molecule has 0 aliphatic carbocycles. The Bertz CT molecular complexity index is 2220. The van der Waals surface area contributed by atoms with Crippen molar-refractivity contribution in [2.75, 3.05) is 48.0 Å². The maximum atomic E-state index is 13.9. The number of methoxy groups -OCH3 is 3. The number of benzene rings is 2. The molecule has 0 aliphatic rings. The van der Waals surface area contributed by atoms with Crippen molar-refractivity contribution < 1.29 is 38.2 Å². The topological polar surface area (TPSA) is 204 Å². The zero-order valence-electron chi connectivity index (χ0n) is 38.1. The number of carbonyl (C=O) groups excluding carboxylic acids is 5. The van der Waals surface area contributed by atoms with Gasteiger partial charge in [0, 0.05) is 37.8 Å². The second-order valence-electron chi connectivity index (χ2n) is 15.8. The van der Waals surface area contributed by atoms with E-state index in [-0.39, 0.29) is 42.8 Å². The minimum absolute atomic E-state index is 0.146. The molecule has 4 rings (SSSR count). The molecule has 63 heavy (non-hydrogen) atoms. The van der Waals surface area contributed by atoms with E-state index in [9.17, 15) is 24.0 Å². The lowest BCUT2D eigenvalue weighted by atomic mass is 10.0. The summed E-state index contributed by atoms with van der Waals surface area (Å²) in [5.41, 5.74) is 4.92. The molecular weight excluding hydrogens is 807 g/mol. The molecular formula is C46H61N9O8. The quantitative estimate of drug-likeness (QED) is 0.0669. The molecule has 0 saturated heterocycles. The van der Waals surface area contributed by atoms with Crippen LogP contribution >= 0.6 is 0 Å². The lowest BCUT2D eigenvalue weighted by Crippen LogP contribution is -2.53. The Morgan fingerprint density at radius 2 is 1.02 bits per heavy atom. The van der Waals surface area contributed by atoms with Crippen molar-refractivity contribution in [1.82, 2.24) is 45.3 Å². The van der Waals surface area contributed by atoms with Crippen molar-refractivity contribution in [3.05, 3.63) is 83.7 Å². The Labute approximate surface area is 369 Å². The van der Waals surface area contributed by atoms with Gasteiger partial charge in [-0.2, -0.15) is 0 Å². The van der Waals surface area contributed by atoms with Crippen LogP contribution in [-0.2, 0) is 23.8 Å². The lowest BCUT2D eigenvalue weighted by molar-refractivity contribution is -0.137. The van der Waals surface area contributed by atoms with Gasteiger partial charge in [0.05, 0.1) is 57.2 Å². The zero-order valence-corrected chi connectivity index (χ0v) is 38.1. The van der Waals surface area contributed by atoms with Crippen LogP contribution in [0, 0.1) is 23.7 Å². The van der Waals surface area contributed by atoms with Crippen molar-refractivity contribution in [2.45, 2.75) is 79.1 Å². The molecule has 338 valence electrons. The number of rotatable bonds is 17. The number of likely N-dealkylation sites (N-methyl/N-ethyl adjacent to an activating group) is 1. The van der Waals surface area contributed by atoms with Crippen LogP contribution in [0.1, 0.15) is 89.7 Å². The third-order valence-electron chi connectivity index (χ3n) is 10.6. The number of carbonyl (C=O) groups is 5. The summed E-state index contributed by atoms with van der Waals surface area (Å²) in [6.45, 7) is 14.0. The van der Waals surface area contributed by atoms with Crippen LogP contribution in [0.5, 0.6) is 0 Å². The SMILES string of the molecule is CCCN(C(=O)[C@@H](NC(=O)OC)C(C)C)[C@@H](C)c1ncc(-c2ccc(C#Cc3ccc(-c4cnc([C@H](C)N(CCN(C)C(=O)OC)C(=O)[C@@H](NC(=O)OC)C(C)C)[nH]4)cc3)cc2)[nH]1. The fourth-order valence-corrected chi connectivity index (χ4v) is 6.79. The minimum atomic E-state index is -0.881. The molecule has 2 aromatic carbocycles. The number of alkyl carbamates (subject to hydrolysis) is 2. The standard InChI is InChI=1S/C46H61N9O8/c1-12-23-54(42(56)38(28(2)3)51-44(58)61-9)30(6)40-47-26-36(49-40)34-19-15-32(16-20-34)13-14-33-17-21-35(22-18-33)37-27-48-41(50-37)31(7)55(25-24-53(8)46(60)63-11)43(57)39(29(4)5)52-45(59)62-10/h15-22,26-31,38-39H,12,23-25H2,1-11H3,(H,47,49)(H,48,50)(H,51,58)(H,52,59)/t30-,31-,38-,39-/m0/s1. The molecule has 0 spiro atoms. The van der Waals surface area contributed by atoms with Gasteiger partial charge in [-0.25, -0.2) is 24.4 Å². The monoisotopic (exact) mass is 867 g/mol. The van der Waals surface area contributed by atoms with Crippen LogP contribution in [0.25, 0.3) is 22.5 Å². The maximum Gasteiger partial charge on any atom is 0.409 e. The van der Waals surface area contributed by atoms with Crippen molar-refractivity contribution in [3.8, 4) is 34.4 Å². The van der Waals surface area contributed by atoms with E-state index >= 15 is 0 Å². The number of hydrogen-bond acceptors (Lipinski definition) is 10. The van der Waals surface area contributed by atoms with E-state index in [0.29, 0.717) is 18.2 Å².